The normalized spacial score (nSPS) is 15.8. The number of aromatic amines is 1. The molecule has 1 unspecified atom stereocenters. The van der Waals surface area contributed by atoms with Crippen molar-refractivity contribution in [3.05, 3.63) is 114 Å². The van der Waals surface area contributed by atoms with Gasteiger partial charge in [0.2, 0.25) is 0 Å². The molecule has 0 radical (unpaired) electrons. The maximum absolute atomic E-state index is 14.0. The van der Waals surface area contributed by atoms with Crippen LogP contribution < -0.4 is 5.32 Å². The number of rotatable bonds is 11. The van der Waals surface area contributed by atoms with Crippen LogP contribution in [0.1, 0.15) is 29.5 Å². The molecular weight excluding hydrogens is 503 g/mol. The van der Waals surface area contributed by atoms with E-state index in [1.165, 1.54) is 10.9 Å². The largest absolute Gasteiger partial charge is 0.374 e. The quantitative estimate of drug-likeness (QED) is 0.241. The van der Waals surface area contributed by atoms with E-state index in [4.69, 9.17) is 4.74 Å². The average molecular weight is 539 g/mol. The van der Waals surface area contributed by atoms with E-state index >= 15 is 0 Å². The summed E-state index contributed by atoms with van der Waals surface area (Å²) in [6, 6.07) is 23.7. The third kappa shape index (κ3) is 5.70. The molecule has 0 spiro atoms. The Kier molecular flexibility index (Phi) is 7.99. The summed E-state index contributed by atoms with van der Waals surface area (Å²) < 4.78 is 22.4. The van der Waals surface area contributed by atoms with Crippen molar-refractivity contribution in [3.63, 3.8) is 0 Å². The van der Waals surface area contributed by atoms with E-state index < -0.39 is 0 Å². The third-order valence-corrected chi connectivity index (χ3v) is 8.06. The number of nitrogens with zero attached hydrogens (tertiary/aromatic N) is 4. The standard InChI is InChI=1S/C32H35FN6O/c33-28-10-8-27(9-11-28)32(39-17-15-34-16-18-39,22-40-21-25-5-2-1-3-6-25)14-4-7-26-20-35-31-13-12-29(19-30(26)31)38-23-36-37-24-38/h1-3,5-6,8-13,19-20,23-24,34-35H,4,7,14-18,21-22H2. The molecule has 206 valence electrons. The van der Waals surface area contributed by atoms with E-state index in [0.717, 1.165) is 67.8 Å². The van der Waals surface area contributed by atoms with Gasteiger partial charge >= 0.3 is 0 Å². The number of halogens is 1. The number of ether oxygens (including phenoxy) is 1. The highest BCUT2D eigenvalue weighted by Gasteiger charge is 2.39. The monoisotopic (exact) mass is 538 g/mol. The van der Waals surface area contributed by atoms with Gasteiger partial charge in [0.25, 0.3) is 0 Å². The van der Waals surface area contributed by atoms with Crippen LogP contribution in [-0.2, 0) is 23.3 Å². The topological polar surface area (TPSA) is 71.0 Å². The highest BCUT2D eigenvalue weighted by Crippen LogP contribution is 2.36. The van der Waals surface area contributed by atoms with Gasteiger partial charge in [-0.15, -0.1) is 10.2 Å². The van der Waals surface area contributed by atoms with Gasteiger partial charge in [0, 0.05) is 49.0 Å². The maximum Gasteiger partial charge on any atom is 0.123 e. The summed E-state index contributed by atoms with van der Waals surface area (Å²) in [5, 5.41) is 12.6. The number of hydrogen-bond donors (Lipinski definition) is 2. The lowest BCUT2D eigenvalue weighted by Gasteiger charge is -2.46. The van der Waals surface area contributed by atoms with E-state index in [-0.39, 0.29) is 11.4 Å². The van der Waals surface area contributed by atoms with Crippen LogP contribution in [0.25, 0.3) is 16.6 Å². The van der Waals surface area contributed by atoms with E-state index in [1.807, 2.05) is 34.9 Å². The second-order valence-corrected chi connectivity index (χ2v) is 10.5. The summed E-state index contributed by atoms with van der Waals surface area (Å²) in [4.78, 5) is 5.98. The Balaban J connectivity index is 1.26. The van der Waals surface area contributed by atoms with Gasteiger partial charge in [-0.3, -0.25) is 9.47 Å². The fourth-order valence-corrected chi connectivity index (χ4v) is 5.94. The minimum Gasteiger partial charge on any atom is -0.374 e. The van der Waals surface area contributed by atoms with E-state index in [1.54, 1.807) is 24.8 Å². The van der Waals surface area contributed by atoms with Crippen molar-refractivity contribution in [1.29, 1.82) is 0 Å². The summed E-state index contributed by atoms with van der Waals surface area (Å²) in [6.07, 6.45) is 8.32. The summed E-state index contributed by atoms with van der Waals surface area (Å²) in [7, 11) is 0. The average Bonchev–Trinajstić information content (AvgIpc) is 3.68. The van der Waals surface area contributed by atoms with Gasteiger partial charge in [0.15, 0.2) is 0 Å². The molecule has 1 aliphatic rings. The van der Waals surface area contributed by atoms with Crippen LogP contribution in [0.2, 0.25) is 0 Å². The predicted molar refractivity (Wildman–Crippen MR) is 155 cm³/mol. The first-order valence-electron chi connectivity index (χ1n) is 14.0. The Hall–Kier alpha value is -3.85. The van der Waals surface area contributed by atoms with Crippen molar-refractivity contribution in [2.75, 3.05) is 32.8 Å². The first-order valence-corrected chi connectivity index (χ1v) is 14.0. The zero-order chi connectivity index (χ0) is 27.2. The molecule has 2 aromatic heterocycles. The fraction of sp³-hybridized carbons (Fsp3) is 0.312. The van der Waals surface area contributed by atoms with Crippen LogP contribution in [0.4, 0.5) is 4.39 Å². The van der Waals surface area contributed by atoms with Gasteiger partial charge in [0.1, 0.15) is 18.5 Å². The van der Waals surface area contributed by atoms with Crippen LogP contribution in [0.5, 0.6) is 0 Å². The molecule has 40 heavy (non-hydrogen) atoms. The van der Waals surface area contributed by atoms with Crippen molar-refractivity contribution in [2.45, 2.75) is 31.4 Å². The van der Waals surface area contributed by atoms with E-state index in [2.05, 4.69) is 61.9 Å². The number of H-pyrrole nitrogens is 1. The van der Waals surface area contributed by atoms with Crippen molar-refractivity contribution in [3.8, 4) is 5.69 Å². The van der Waals surface area contributed by atoms with Gasteiger partial charge in [0.05, 0.1) is 18.8 Å². The van der Waals surface area contributed by atoms with Gasteiger partial charge in [-0.05, 0) is 66.3 Å². The molecule has 3 heterocycles. The zero-order valence-electron chi connectivity index (χ0n) is 22.6. The number of benzene rings is 3. The van der Waals surface area contributed by atoms with Crippen molar-refractivity contribution in [2.24, 2.45) is 0 Å². The maximum atomic E-state index is 14.0. The fourth-order valence-electron chi connectivity index (χ4n) is 5.94. The third-order valence-electron chi connectivity index (χ3n) is 8.06. The summed E-state index contributed by atoms with van der Waals surface area (Å²) >= 11 is 0. The summed E-state index contributed by atoms with van der Waals surface area (Å²) in [6.45, 7) is 4.78. The smallest absolute Gasteiger partial charge is 0.123 e. The highest BCUT2D eigenvalue weighted by molar-refractivity contribution is 5.85. The minimum atomic E-state index is -0.357. The van der Waals surface area contributed by atoms with E-state index in [9.17, 15) is 4.39 Å². The highest BCUT2D eigenvalue weighted by atomic mass is 19.1. The van der Waals surface area contributed by atoms with Crippen molar-refractivity contribution < 1.29 is 9.13 Å². The van der Waals surface area contributed by atoms with Crippen LogP contribution in [0.3, 0.4) is 0 Å². The van der Waals surface area contributed by atoms with Gasteiger partial charge < -0.3 is 15.0 Å². The van der Waals surface area contributed by atoms with Crippen LogP contribution in [-0.4, -0.2) is 57.4 Å². The molecule has 1 saturated heterocycles. The Labute approximate surface area is 234 Å². The Morgan fingerprint density at radius 1 is 0.925 bits per heavy atom. The molecule has 1 aliphatic heterocycles. The van der Waals surface area contributed by atoms with Crippen molar-refractivity contribution >= 4 is 10.9 Å². The molecule has 1 fully saturated rings. The first kappa shape index (κ1) is 26.4. The van der Waals surface area contributed by atoms with Gasteiger partial charge in [-0.1, -0.05) is 42.5 Å². The number of aromatic nitrogens is 4. The molecule has 0 saturated carbocycles. The molecule has 1 atom stereocenters. The second kappa shape index (κ2) is 12.1. The number of aryl methyl sites for hydroxylation is 1. The molecule has 7 nitrogen and oxygen atoms in total. The number of piperazine rings is 1. The molecule has 6 rings (SSSR count). The van der Waals surface area contributed by atoms with Gasteiger partial charge in [-0.2, -0.15) is 0 Å². The first-order chi connectivity index (χ1) is 19.7. The molecular formula is C32H35FN6O. The second-order valence-electron chi connectivity index (χ2n) is 10.5. The van der Waals surface area contributed by atoms with E-state index in [0.29, 0.717) is 13.2 Å². The molecule has 5 aromatic rings. The zero-order valence-corrected chi connectivity index (χ0v) is 22.6. The lowest BCUT2D eigenvalue weighted by atomic mass is 9.82. The van der Waals surface area contributed by atoms with Crippen LogP contribution in [0, 0.1) is 5.82 Å². The lowest BCUT2D eigenvalue weighted by Crippen LogP contribution is -2.56. The summed E-state index contributed by atoms with van der Waals surface area (Å²) in [5.41, 5.74) is 5.34. The molecule has 8 heteroatoms. The van der Waals surface area contributed by atoms with Crippen LogP contribution >= 0.6 is 0 Å². The Bertz CT molecular complexity index is 1500. The summed E-state index contributed by atoms with van der Waals surface area (Å²) in [5.74, 6) is -0.217. The predicted octanol–water partition coefficient (Wildman–Crippen LogP) is 5.23. The molecule has 3 aromatic carbocycles. The molecule has 0 bridgehead atoms. The lowest BCUT2D eigenvalue weighted by molar-refractivity contribution is -0.0310. The van der Waals surface area contributed by atoms with Crippen LogP contribution in [0.15, 0.2) is 91.6 Å². The van der Waals surface area contributed by atoms with Gasteiger partial charge in [-0.25, -0.2) is 4.39 Å². The number of fused-ring (bicyclic) bond motifs is 1. The van der Waals surface area contributed by atoms with Crippen molar-refractivity contribution in [1.82, 2.24) is 30.0 Å². The number of nitrogens with one attached hydrogen (secondary N) is 2. The molecule has 2 N–H and O–H groups in total. The Morgan fingerprint density at radius 3 is 2.48 bits per heavy atom. The molecule has 0 amide bonds. The minimum absolute atomic E-state index is 0.217. The SMILES string of the molecule is Fc1ccc(C(CCCc2c[nH]c3ccc(-n4cnnc4)cc23)(COCc2ccccc2)N2CCNCC2)cc1. The molecule has 0 aliphatic carbocycles. The Morgan fingerprint density at radius 2 is 1.70 bits per heavy atom. The number of hydrogen-bond acceptors (Lipinski definition) is 5.